The number of hydrogen-bond acceptors (Lipinski definition) is 8. The zero-order valence-corrected chi connectivity index (χ0v) is 56.5. The van der Waals surface area contributed by atoms with Crippen molar-refractivity contribution in [3.05, 3.63) is 0 Å². The highest BCUT2D eigenvalue weighted by Crippen LogP contribution is 2.24. The summed E-state index contributed by atoms with van der Waals surface area (Å²) in [6.07, 6.45) is 76.4. The molecule has 7 unspecified atom stereocenters. The summed E-state index contributed by atoms with van der Waals surface area (Å²) in [6.45, 7) is 3.92. The van der Waals surface area contributed by atoms with E-state index in [0.717, 1.165) is 38.5 Å². The van der Waals surface area contributed by atoms with Crippen LogP contribution in [0.3, 0.4) is 0 Å². The van der Waals surface area contributed by atoms with Crippen LogP contribution in [-0.2, 0) is 14.3 Å². The quantitative estimate of drug-likeness (QED) is 0.0330. The second kappa shape index (κ2) is 65.2. The third kappa shape index (κ3) is 53.1. The van der Waals surface area contributed by atoms with Crippen LogP contribution in [0.5, 0.6) is 0 Å². The molecule has 0 aromatic rings. The molecule has 0 aliphatic carbocycles. The zero-order valence-electron chi connectivity index (χ0n) is 56.5. The van der Waals surface area contributed by atoms with Crippen LogP contribution in [-0.4, -0.2) is 87.5 Å². The van der Waals surface area contributed by atoms with Crippen molar-refractivity contribution in [1.29, 1.82) is 0 Å². The number of amides is 1. The average Bonchev–Trinajstić information content (AvgIpc) is 3.70. The molecular weight excluding hydrogens is 1040 g/mol. The van der Waals surface area contributed by atoms with Gasteiger partial charge in [-0.15, -0.1) is 0 Å². The third-order valence-electron chi connectivity index (χ3n) is 19.0. The molecule has 0 bridgehead atoms. The number of aliphatic hydroxyl groups excluding tert-OH is 5. The Balaban J connectivity index is 2.03. The molecule has 0 aromatic carbocycles. The van der Waals surface area contributed by atoms with E-state index in [9.17, 15) is 30.3 Å². The van der Waals surface area contributed by atoms with Crippen LogP contribution in [0.15, 0.2) is 0 Å². The molecule has 0 aromatic heterocycles. The SMILES string of the molecule is CCCCCCCCCCCCCCCCCCCCCCCCCCCCCCCCCCCCCCCC(=O)NC(COC1OC(CO)C(O)C(O)C1O)C(O)CCCCCCCCCCCCCCCCCCCCCCCCCC. The van der Waals surface area contributed by atoms with Crippen molar-refractivity contribution in [2.75, 3.05) is 13.2 Å². The van der Waals surface area contributed by atoms with Gasteiger partial charge in [0.2, 0.25) is 5.91 Å². The first-order valence-electron chi connectivity index (χ1n) is 38.2. The van der Waals surface area contributed by atoms with Crippen LogP contribution in [0.1, 0.15) is 418 Å². The van der Waals surface area contributed by atoms with E-state index in [1.807, 2.05) is 0 Å². The van der Waals surface area contributed by atoms with Gasteiger partial charge < -0.3 is 40.3 Å². The molecule has 0 radical (unpaired) electrons. The molecule has 1 fully saturated rings. The van der Waals surface area contributed by atoms with E-state index in [4.69, 9.17) is 9.47 Å². The summed E-state index contributed by atoms with van der Waals surface area (Å²) in [6, 6.07) is -0.716. The van der Waals surface area contributed by atoms with E-state index in [1.165, 1.54) is 353 Å². The first-order chi connectivity index (χ1) is 41.3. The molecule has 9 heteroatoms. The van der Waals surface area contributed by atoms with Gasteiger partial charge in [0.25, 0.3) is 0 Å². The number of hydrogen-bond donors (Lipinski definition) is 6. The molecule has 1 aliphatic rings. The van der Waals surface area contributed by atoms with Gasteiger partial charge in [0.05, 0.1) is 25.4 Å². The van der Waals surface area contributed by atoms with Crippen molar-refractivity contribution in [1.82, 2.24) is 5.32 Å². The van der Waals surface area contributed by atoms with Gasteiger partial charge in [-0.05, 0) is 12.8 Å². The number of carbonyl (C=O) groups excluding carboxylic acids is 1. The summed E-state index contributed by atoms with van der Waals surface area (Å²) in [5.41, 5.74) is 0. The summed E-state index contributed by atoms with van der Waals surface area (Å²) < 4.78 is 11.4. The van der Waals surface area contributed by atoms with Crippen molar-refractivity contribution in [3.63, 3.8) is 0 Å². The average molecular weight is 1190 g/mol. The molecule has 9 nitrogen and oxygen atoms in total. The van der Waals surface area contributed by atoms with Crippen molar-refractivity contribution in [3.8, 4) is 0 Å². The fraction of sp³-hybridized carbons (Fsp3) is 0.987. The molecular formula is C75H149NO8. The highest BCUT2D eigenvalue weighted by atomic mass is 16.7. The molecule has 1 amide bonds. The number of carbonyl (C=O) groups is 1. The van der Waals surface area contributed by atoms with Crippen LogP contribution in [0.4, 0.5) is 0 Å². The fourth-order valence-electron chi connectivity index (χ4n) is 13.0. The first-order valence-corrected chi connectivity index (χ1v) is 38.2. The van der Waals surface area contributed by atoms with E-state index in [-0.39, 0.29) is 12.5 Å². The minimum atomic E-state index is -1.55. The number of ether oxygens (including phenoxy) is 2. The van der Waals surface area contributed by atoms with Gasteiger partial charge in [-0.2, -0.15) is 0 Å². The molecule has 84 heavy (non-hydrogen) atoms. The zero-order chi connectivity index (χ0) is 60.7. The Morgan fingerprint density at radius 2 is 0.595 bits per heavy atom. The Morgan fingerprint density at radius 3 is 0.845 bits per heavy atom. The largest absolute Gasteiger partial charge is 0.394 e. The molecule has 502 valence electrons. The third-order valence-corrected chi connectivity index (χ3v) is 19.0. The molecule has 1 aliphatic heterocycles. The lowest BCUT2D eigenvalue weighted by Gasteiger charge is -2.40. The second-order valence-corrected chi connectivity index (χ2v) is 27.2. The Morgan fingerprint density at radius 1 is 0.357 bits per heavy atom. The van der Waals surface area contributed by atoms with Crippen LogP contribution < -0.4 is 5.32 Å². The van der Waals surface area contributed by atoms with Crippen LogP contribution >= 0.6 is 0 Å². The number of aliphatic hydroxyl groups is 5. The number of nitrogens with one attached hydrogen (secondary N) is 1. The number of unbranched alkanes of at least 4 members (excludes halogenated alkanes) is 59. The highest BCUT2D eigenvalue weighted by molar-refractivity contribution is 5.76. The Hall–Kier alpha value is -0.810. The second-order valence-electron chi connectivity index (χ2n) is 27.2. The lowest BCUT2D eigenvalue weighted by atomic mass is 9.99. The molecule has 0 saturated carbocycles. The summed E-state index contributed by atoms with van der Waals surface area (Å²) in [4.78, 5) is 13.2. The van der Waals surface area contributed by atoms with Crippen molar-refractivity contribution >= 4 is 5.91 Å². The Bertz CT molecular complexity index is 1290. The topological polar surface area (TPSA) is 149 Å². The molecule has 7 atom stereocenters. The fourth-order valence-corrected chi connectivity index (χ4v) is 13.0. The molecule has 1 heterocycles. The Labute approximate surface area is 523 Å². The Kier molecular flexibility index (Phi) is 63.0. The van der Waals surface area contributed by atoms with Crippen LogP contribution in [0, 0.1) is 0 Å². The summed E-state index contributed by atoms with van der Waals surface area (Å²) in [5, 5.41) is 55.0. The minimum Gasteiger partial charge on any atom is -0.394 e. The van der Waals surface area contributed by atoms with E-state index < -0.39 is 49.5 Å². The smallest absolute Gasteiger partial charge is 0.220 e. The summed E-state index contributed by atoms with van der Waals surface area (Å²) >= 11 is 0. The van der Waals surface area contributed by atoms with E-state index in [0.29, 0.717) is 12.8 Å². The van der Waals surface area contributed by atoms with Crippen LogP contribution in [0.2, 0.25) is 0 Å². The first kappa shape index (κ1) is 81.2. The maximum atomic E-state index is 13.2. The van der Waals surface area contributed by atoms with Gasteiger partial charge in [-0.3, -0.25) is 4.79 Å². The molecule has 1 saturated heterocycles. The van der Waals surface area contributed by atoms with Crippen LogP contribution in [0.25, 0.3) is 0 Å². The normalized spacial score (nSPS) is 18.0. The number of rotatable bonds is 69. The lowest BCUT2D eigenvalue weighted by Crippen LogP contribution is -2.60. The maximum Gasteiger partial charge on any atom is 0.220 e. The lowest BCUT2D eigenvalue weighted by molar-refractivity contribution is -0.302. The van der Waals surface area contributed by atoms with Gasteiger partial charge in [0, 0.05) is 6.42 Å². The van der Waals surface area contributed by atoms with E-state index in [2.05, 4.69) is 19.2 Å². The van der Waals surface area contributed by atoms with Crippen molar-refractivity contribution < 1.29 is 39.8 Å². The summed E-state index contributed by atoms with van der Waals surface area (Å²) in [7, 11) is 0. The van der Waals surface area contributed by atoms with Gasteiger partial charge in [0.15, 0.2) is 6.29 Å². The maximum absolute atomic E-state index is 13.2. The molecule has 6 N–H and O–H groups in total. The van der Waals surface area contributed by atoms with E-state index in [1.54, 1.807) is 0 Å². The van der Waals surface area contributed by atoms with Gasteiger partial charge >= 0.3 is 0 Å². The van der Waals surface area contributed by atoms with Gasteiger partial charge in [-0.25, -0.2) is 0 Å². The minimum absolute atomic E-state index is 0.130. The summed E-state index contributed by atoms with van der Waals surface area (Å²) in [5.74, 6) is -0.132. The van der Waals surface area contributed by atoms with Gasteiger partial charge in [-0.1, -0.05) is 399 Å². The highest BCUT2D eigenvalue weighted by Gasteiger charge is 2.44. The van der Waals surface area contributed by atoms with Gasteiger partial charge in [0.1, 0.15) is 24.4 Å². The van der Waals surface area contributed by atoms with Crippen molar-refractivity contribution in [2.24, 2.45) is 0 Å². The molecule has 0 spiro atoms. The predicted octanol–water partition coefficient (Wildman–Crippen LogP) is 21.3. The van der Waals surface area contributed by atoms with E-state index >= 15 is 0 Å². The van der Waals surface area contributed by atoms with Crippen molar-refractivity contribution in [2.45, 2.75) is 461 Å². The monoisotopic (exact) mass is 1190 g/mol. The standard InChI is InChI=1S/C75H149NO8/c1-3-5-7-9-11-13-15-17-19-21-23-25-27-29-30-31-32-33-34-35-36-37-38-39-40-41-43-45-47-49-51-53-55-57-59-61-63-65-71(79)76-68(67-83-75-74(82)73(81)72(80)70(66-77)84-75)69(78)64-62-60-58-56-54-52-50-48-46-44-42-28-26-24-22-20-18-16-14-12-10-8-6-4-2/h68-70,72-75,77-78,80-82H,3-67H2,1-2H3,(H,76,79). The predicted molar refractivity (Wildman–Crippen MR) is 360 cm³/mol. The molecule has 1 rings (SSSR count).